The van der Waals surface area contributed by atoms with Crippen molar-refractivity contribution in [1.82, 2.24) is 20.4 Å². The van der Waals surface area contributed by atoms with Gasteiger partial charge in [-0.2, -0.15) is 5.10 Å². The molecule has 0 spiro atoms. The number of halogens is 2. The fourth-order valence-electron chi connectivity index (χ4n) is 4.06. The summed E-state index contributed by atoms with van der Waals surface area (Å²) in [5.41, 5.74) is 2.40. The molecule has 2 heterocycles. The summed E-state index contributed by atoms with van der Waals surface area (Å²) >= 11 is 0. The third-order valence-corrected chi connectivity index (χ3v) is 6.15. The van der Waals surface area contributed by atoms with Gasteiger partial charge < -0.3 is 5.32 Å². The zero-order valence-corrected chi connectivity index (χ0v) is 19.4. The number of nitrogens with zero attached hydrogens (tertiary/aromatic N) is 2. The quantitative estimate of drug-likeness (QED) is 0.553. The minimum atomic E-state index is -0.369. The minimum absolute atomic E-state index is 0. The minimum Gasteiger partial charge on any atom is -0.350 e. The summed E-state index contributed by atoms with van der Waals surface area (Å²) in [7, 11) is 0. The van der Waals surface area contributed by atoms with Crippen LogP contribution in [0.2, 0.25) is 0 Å². The largest absolute Gasteiger partial charge is 0.350 e. The molecule has 1 saturated heterocycles. The van der Waals surface area contributed by atoms with Crippen molar-refractivity contribution in [2.75, 3.05) is 0 Å². The van der Waals surface area contributed by atoms with Gasteiger partial charge in [-0.3, -0.25) is 10.1 Å². The molecule has 1 aromatic heterocycles. The van der Waals surface area contributed by atoms with Gasteiger partial charge in [-0.1, -0.05) is 37.3 Å². The first-order valence-corrected chi connectivity index (χ1v) is 10.8. The molecule has 1 aliphatic heterocycles. The SMILES string of the molecule is CCC(C)(C)NC(=O)[C@@H]1C[C@H](c2ccn(-c3ccccc3)n2)[C@H](c2cccc(F)c2)N1.Cl. The highest BCUT2D eigenvalue weighted by atomic mass is 35.5. The van der Waals surface area contributed by atoms with Crippen molar-refractivity contribution < 1.29 is 9.18 Å². The second kappa shape index (κ2) is 9.84. The first kappa shape index (κ1) is 24.0. The van der Waals surface area contributed by atoms with E-state index < -0.39 is 0 Å². The van der Waals surface area contributed by atoms with Crippen LogP contribution in [0.1, 0.15) is 56.8 Å². The number of benzene rings is 2. The second-order valence-electron chi connectivity index (χ2n) is 8.84. The van der Waals surface area contributed by atoms with Crippen LogP contribution in [-0.2, 0) is 4.79 Å². The molecule has 5 nitrogen and oxygen atoms in total. The number of rotatable bonds is 6. The zero-order valence-electron chi connectivity index (χ0n) is 18.6. The third kappa shape index (κ3) is 5.19. The Morgan fingerprint density at radius 1 is 1.19 bits per heavy atom. The second-order valence-corrected chi connectivity index (χ2v) is 8.84. The molecule has 2 N–H and O–H groups in total. The maximum absolute atomic E-state index is 14.0. The van der Waals surface area contributed by atoms with E-state index >= 15 is 0 Å². The smallest absolute Gasteiger partial charge is 0.237 e. The first-order chi connectivity index (χ1) is 14.9. The maximum atomic E-state index is 14.0. The van der Waals surface area contributed by atoms with E-state index in [0.717, 1.165) is 23.4 Å². The van der Waals surface area contributed by atoms with E-state index in [2.05, 4.69) is 17.6 Å². The van der Waals surface area contributed by atoms with Gasteiger partial charge in [0.25, 0.3) is 0 Å². The molecule has 0 unspecified atom stereocenters. The molecule has 1 amide bonds. The molecular formula is C25H30ClFN4O. The van der Waals surface area contributed by atoms with Crippen LogP contribution in [0, 0.1) is 5.82 Å². The fourth-order valence-corrected chi connectivity index (χ4v) is 4.06. The van der Waals surface area contributed by atoms with Gasteiger partial charge in [0.1, 0.15) is 5.82 Å². The molecular weight excluding hydrogens is 427 g/mol. The number of hydrogen-bond acceptors (Lipinski definition) is 3. The highest BCUT2D eigenvalue weighted by Gasteiger charge is 2.41. The maximum Gasteiger partial charge on any atom is 0.237 e. The van der Waals surface area contributed by atoms with Gasteiger partial charge in [0, 0.05) is 23.7 Å². The van der Waals surface area contributed by atoms with Gasteiger partial charge in [0.05, 0.1) is 17.4 Å². The van der Waals surface area contributed by atoms with Crippen molar-refractivity contribution in [3.8, 4) is 5.69 Å². The van der Waals surface area contributed by atoms with Crippen LogP contribution >= 0.6 is 12.4 Å². The van der Waals surface area contributed by atoms with Gasteiger partial charge in [-0.05, 0) is 62.6 Å². The Labute approximate surface area is 194 Å². The molecule has 3 atom stereocenters. The lowest BCUT2D eigenvalue weighted by atomic mass is 9.90. The molecule has 1 fully saturated rings. The van der Waals surface area contributed by atoms with Crippen molar-refractivity contribution in [3.05, 3.63) is 83.9 Å². The van der Waals surface area contributed by atoms with Crippen LogP contribution < -0.4 is 10.6 Å². The van der Waals surface area contributed by atoms with Crippen LogP contribution in [0.25, 0.3) is 5.69 Å². The van der Waals surface area contributed by atoms with Crippen LogP contribution in [0.4, 0.5) is 4.39 Å². The van der Waals surface area contributed by atoms with Crippen molar-refractivity contribution in [1.29, 1.82) is 0 Å². The number of carbonyl (C=O) groups is 1. The summed E-state index contributed by atoms with van der Waals surface area (Å²) in [6.07, 6.45) is 3.36. The standard InChI is InChI=1S/C25H29FN4O.ClH/c1-4-25(2,3)28-24(31)22-16-20(23(27-22)17-9-8-10-18(26)15-17)21-13-14-30(29-21)19-11-6-5-7-12-19;/h5-15,20,22-23,27H,4,16H2,1-3H3,(H,28,31);1H/t20-,22+,23+;/m1./s1. The van der Waals surface area contributed by atoms with Crippen molar-refractivity contribution >= 4 is 18.3 Å². The lowest BCUT2D eigenvalue weighted by molar-refractivity contribution is -0.124. The predicted octanol–water partition coefficient (Wildman–Crippen LogP) is 4.92. The lowest BCUT2D eigenvalue weighted by Gasteiger charge is -2.26. The fraction of sp³-hybridized carbons (Fsp3) is 0.360. The molecule has 0 bridgehead atoms. The van der Waals surface area contributed by atoms with Gasteiger partial charge in [-0.15, -0.1) is 12.4 Å². The molecule has 4 rings (SSSR count). The van der Waals surface area contributed by atoms with E-state index in [1.54, 1.807) is 6.07 Å². The molecule has 0 saturated carbocycles. The topological polar surface area (TPSA) is 59.0 Å². The van der Waals surface area contributed by atoms with E-state index in [1.165, 1.54) is 12.1 Å². The Morgan fingerprint density at radius 3 is 2.62 bits per heavy atom. The van der Waals surface area contributed by atoms with Crippen LogP contribution in [0.3, 0.4) is 0 Å². The molecule has 3 aromatic rings. The molecule has 7 heteroatoms. The summed E-state index contributed by atoms with van der Waals surface area (Å²) in [4.78, 5) is 13.0. The van der Waals surface area contributed by atoms with Crippen molar-refractivity contribution in [3.63, 3.8) is 0 Å². The number of nitrogens with one attached hydrogen (secondary N) is 2. The predicted molar refractivity (Wildman–Crippen MR) is 127 cm³/mol. The summed E-state index contributed by atoms with van der Waals surface area (Å²) in [5.74, 6) is -0.363. The lowest BCUT2D eigenvalue weighted by Crippen LogP contribution is -2.50. The van der Waals surface area contributed by atoms with Gasteiger partial charge in [0.2, 0.25) is 5.91 Å². The Bertz CT molecular complexity index is 1050. The Balaban J connectivity index is 0.00000289. The van der Waals surface area contributed by atoms with E-state index in [-0.39, 0.29) is 47.7 Å². The van der Waals surface area contributed by atoms with Gasteiger partial charge in [-0.25, -0.2) is 9.07 Å². The molecule has 1 aliphatic rings. The monoisotopic (exact) mass is 456 g/mol. The van der Waals surface area contributed by atoms with Crippen molar-refractivity contribution in [2.24, 2.45) is 0 Å². The van der Waals surface area contributed by atoms with Gasteiger partial charge in [0.15, 0.2) is 0 Å². The molecule has 0 radical (unpaired) electrons. The van der Waals surface area contributed by atoms with Crippen LogP contribution in [0.15, 0.2) is 66.9 Å². The van der Waals surface area contributed by atoms with Crippen molar-refractivity contribution in [2.45, 2.75) is 57.2 Å². The highest BCUT2D eigenvalue weighted by Crippen LogP contribution is 2.40. The van der Waals surface area contributed by atoms with E-state index in [0.29, 0.717) is 6.42 Å². The first-order valence-electron chi connectivity index (χ1n) is 10.8. The molecule has 170 valence electrons. The number of para-hydroxylation sites is 1. The average molecular weight is 457 g/mol. The number of carbonyl (C=O) groups excluding carboxylic acids is 1. The Hall–Kier alpha value is -2.70. The van der Waals surface area contributed by atoms with Crippen LogP contribution in [-0.4, -0.2) is 27.3 Å². The zero-order chi connectivity index (χ0) is 22.0. The summed E-state index contributed by atoms with van der Waals surface area (Å²) in [6, 6.07) is 17.9. The van der Waals surface area contributed by atoms with E-state index in [4.69, 9.17) is 5.10 Å². The normalized spacial score (nSPS) is 20.6. The number of amides is 1. The third-order valence-electron chi connectivity index (χ3n) is 6.15. The molecule has 2 aromatic carbocycles. The number of aromatic nitrogens is 2. The average Bonchev–Trinajstić information content (AvgIpc) is 3.42. The summed E-state index contributed by atoms with van der Waals surface area (Å²) in [6.45, 7) is 6.09. The molecule has 32 heavy (non-hydrogen) atoms. The molecule has 0 aliphatic carbocycles. The summed E-state index contributed by atoms with van der Waals surface area (Å²) in [5, 5.41) is 11.4. The number of hydrogen-bond donors (Lipinski definition) is 2. The van der Waals surface area contributed by atoms with Gasteiger partial charge >= 0.3 is 0 Å². The Morgan fingerprint density at radius 2 is 1.94 bits per heavy atom. The van der Waals surface area contributed by atoms with Crippen LogP contribution in [0.5, 0.6) is 0 Å². The van der Waals surface area contributed by atoms with E-state index in [9.17, 15) is 9.18 Å². The van der Waals surface area contributed by atoms with E-state index in [1.807, 2.05) is 67.2 Å². The Kier molecular flexibility index (Phi) is 7.36. The summed E-state index contributed by atoms with van der Waals surface area (Å²) < 4.78 is 15.8. The highest BCUT2D eigenvalue weighted by molar-refractivity contribution is 5.85.